The molecule has 30 heavy (non-hydrogen) atoms. The summed E-state index contributed by atoms with van der Waals surface area (Å²) in [5.74, 6) is 0.287. The normalized spacial score (nSPS) is 11.5. The monoisotopic (exact) mass is 406 g/mol. The Morgan fingerprint density at radius 3 is 1.33 bits per heavy atom. The van der Waals surface area contributed by atoms with Crippen LogP contribution in [-0.2, 0) is 9.59 Å². The lowest BCUT2D eigenvalue weighted by molar-refractivity contribution is -0.126. The number of carbonyl (C=O) groups is 2. The van der Waals surface area contributed by atoms with E-state index < -0.39 is 0 Å². The van der Waals surface area contributed by atoms with Crippen LogP contribution >= 0.6 is 0 Å². The quantitative estimate of drug-likeness (QED) is 0.480. The first-order valence-electron chi connectivity index (χ1n) is 10.2. The van der Waals surface area contributed by atoms with Gasteiger partial charge >= 0.3 is 0 Å². The first-order chi connectivity index (χ1) is 14.3. The van der Waals surface area contributed by atoms with Crippen molar-refractivity contribution in [3.63, 3.8) is 0 Å². The summed E-state index contributed by atoms with van der Waals surface area (Å²) in [6, 6.07) is 16.0. The predicted octanol–water partition coefficient (Wildman–Crippen LogP) is 4.31. The van der Waals surface area contributed by atoms with E-state index in [1.165, 1.54) is 11.1 Å². The van der Waals surface area contributed by atoms with Gasteiger partial charge in [-0.2, -0.15) is 10.2 Å². The van der Waals surface area contributed by atoms with Gasteiger partial charge in [0, 0.05) is 12.8 Å². The average molecular weight is 407 g/mol. The largest absolute Gasteiger partial charge is 0.273 e. The van der Waals surface area contributed by atoms with E-state index >= 15 is 0 Å². The molecule has 158 valence electrons. The molecule has 0 aliphatic carbocycles. The molecule has 2 aromatic carbocycles. The zero-order chi connectivity index (χ0) is 21.9. The first-order valence-corrected chi connectivity index (χ1v) is 10.2. The molecule has 0 aliphatic heterocycles. The molecule has 0 aromatic heterocycles. The molecule has 2 rings (SSSR count). The number of amides is 2. The van der Waals surface area contributed by atoms with Crippen LogP contribution < -0.4 is 10.9 Å². The van der Waals surface area contributed by atoms with Gasteiger partial charge < -0.3 is 0 Å². The Morgan fingerprint density at radius 2 is 1.03 bits per heavy atom. The molecule has 2 N–H and O–H groups in total. The van der Waals surface area contributed by atoms with Gasteiger partial charge in [0.2, 0.25) is 11.8 Å². The fourth-order valence-electron chi connectivity index (χ4n) is 2.63. The predicted molar refractivity (Wildman–Crippen MR) is 122 cm³/mol. The van der Waals surface area contributed by atoms with E-state index in [0.717, 1.165) is 11.1 Å². The van der Waals surface area contributed by atoms with Crippen LogP contribution in [-0.4, -0.2) is 24.2 Å². The van der Waals surface area contributed by atoms with Gasteiger partial charge in [-0.3, -0.25) is 9.59 Å². The maximum atomic E-state index is 11.8. The SMILES string of the molecule is CC(C)c1ccc(/C=N\NC(=O)CCC(=O)N/N=C/c2ccc(C(C)C)cc2)cc1. The lowest BCUT2D eigenvalue weighted by Crippen LogP contribution is -2.22. The lowest BCUT2D eigenvalue weighted by Gasteiger charge is -2.04. The Kier molecular flexibility index (Phi) is 8.94. The molecular weight excluding hydrogens is 376 g/mol. The summed E-state index contributed by atoms with van der Waals surface area (Å²) in [6.45, 7) is 8.53. The highest BCUT2D eigenvalue weighted by atomic mass is 16.2. The summed E-state index contributed by atoms with van der Waals surface area (Å²) in [7, 11) is 0. The molecular formula is C24H30N4O2. The van der Waals surface area contributed by atoms with Crippen molar-refractivity contribution in [1.29, 1.82) is 0 Å². The number of carbonyl (C=O) groups excluding carboxylic acids is 2. The van der Waals surface area contributed by atoms with Crippen molar-refractivity contribution in [3.05, 3.63) is 70.8 Å². The molecule has 0 unspecified atom stereocenters. The standard InChI is InChI=1S/C24H30N4O2/c1-17(2)21-9-5-19(6-10-21)15-25-27-23(29)13-14-24(30)28-26-16-20-7-11-22(12-8-20)18(3)4/h5-12,15-18H,13-14H2,1-4H3,(H,27,29)(H,28,30)/b25-15-,26-16+. The number of rotatable bonds is 9. The highest BCUT2D eigenvalue weighted by Gasteiger charge is 2.05. The zero-order valence-electron chi connectivity index (χ0n) is 18.1. The number of hydrazone groups is 2. The van der Waals surface area contributed by atoms with Crippen LogP contribution in [0.15, 0.2) is 58.7 Å². The molecule has 0 saturated heterocycles. The number of nitrogens with zero attached hydrogens (tertiary/aromatic N) is 2. The molecule has 0 atom stereocenters. The Morgan fingerprint density at radius 1 is 0.700 bits per heavy atom. The maximum Gasteiger partial charge on any atom is 0.240 e. The van der Waals surface area contributed by atoms with Crippen molar-refractivity contribution in [2.24, 2.45) is 10.2 Å². The Balaban J connectivity index is 1.69. The maximum absolute atomic E-state index is 11.8. The summed E-state index contributed by atoms with van der Waals surface area (Å²) in [5, 5.41) is 7.86. The average Bonchev–Trinajstić information content (AvgIpc) is 2.73. The number of nitrogens with one attached hydrogen (secondary N) is 2. The van der Waals surface area contributed by atoms with Gasteiger partial charge in [0.1, 0.15) is 0 Å². The van der Waals surface area contributed by atoms with E-state index in [9.17, 15) is 9.59 Å². The summed E-state index contributed by atoms with van der Waals surface area (Å²) in [6.07, 6.45) is 3.23. The van der Waals surface area contributed by atoms with Crippen molar-refractivity contribution in [1.82, 2.24) is 10.9 Å². The molecule has 0 radical (unpaired) electrons. The van der Waals surface area contributed by atoms with Crippen LogP contribution in [0.25, 0.3) is 0 Å². The molecule has 0 fully saturated rings. The minimum Gasteiger partial charge on any atom is -0.273 e. The van der Waals surface area contributed by atoms with E-state index in [-0.39, 0.29) is 24.7 Å². The van der Waals surface area contributed by atoms with Gasteiger partial charge in [0.05, 0.1) is 12.4 Å². The molecule has 2 aromatic rings. The minimum atomic E-state index is -0.326. The fourth-order valence-corrected chi connectivity index (χ4v) is 2.63. The van der Waals surface area contributed by atoms with Crippen LogP contribution in [0.4, 0.5) is 0 Å². The fraction of sp³-hybridized carbons (Fsp3) is 0.333. The first kappa shape index (κ1) is 23.0. The Hall–Kier alpha value is -3.28. The van der Waals surface area contributed by atoms with Gasteiger partial charge in [0.15, 0.2) is 0 Å². The molecule has 0 heterocycles. The summed E-state index contributed by atoms with van der Waals surface area (Å²) >= 11 is 0. The van der Waals surface area contributed by atoms with Crippen LogP contribution in [0.1, 0.15) is 74.6 Å². The third-order valence-corrected chi connectivity index (χ3v) is 4.59. The van der Waals surface area contributed by atoms with Crippen molar-refractivity contribution in [2.45, 2.75) is 52.4 Å². The van der Waals surface area contributed by atoms with Crippen LogP contribution in [0.5, 0.6) is 0 Å². The summed E-state index contributed by atoms with van der Waals surface area (Å²) in [5.41, 5.74) is 9.15. The molecule has 0 spiro atoms. The summed E-state index contributed by atoms with van der Waals surface area (Å²) in [4.78, 5) is 23.6. The number of hydrogen-bond acceptors (Lipinski definition) is 4. The number of hydrogen-bond donors (Lipinski definition) is 2. The second-order valence-electron chi connectivity index (χ2n) is 7.73. The van der Waals surface area contributed by atoms with Crippen LogP contribution in [0, 0.1) is 0 Å². The van der Waals surface area contributed by atoms with E-state index in [0.29, 0.717) is 11.8 Å². The molecule has 0 saturated carbocycles. The second kappa shape index (κ2) is 11.7. The van der Waals surface area contributed by atoms with Crippen molar-refractivity contribution in [2.75, 3.05) is 0 Å². The van der Waals surface area contributed by atoms with Crippen molar-refractivity contribution >= 4 is 24.2 Å². The van der Waals surface area contributed by atoms with E-state index in [4.69, 9.17) is 0 Å². The minimum absolute atomic E-state index is 0.0358. The highest BCUT2D eigenvalue weighted by Crippen LogP contribution is 2.14. The van der Waals surface area contributed by atoms with Crippen LogP contribution in [0.3, 0.4) is 0 Å². The van der Waals surface area contributed by atoms with Gasteiger partial charge in [-0.1, -0.05) is 76.2 Å². The third kappa shape index (κ3) is 7.99. The van der Waals surface area contributed by atoms with E-state index in [1.54, 1.807) is 12.4 Å². The van der Waals surface area contributed by atoms with Crippen molar-refractivity contribution in [3.8, 4) is 0 Å². The van der Waals surface area contributed by atoms with E-state index in [1.807, 2.05) is 48.5 Å². The zero-order valence-corrected chi connectivity index (χ0v) is 18.1. The van der Waals surface area contributed by atoms with Crippen LogP contribution in [0.2, 0.25) is 0 Å². The molecule has 6 nitrogen and oxygen atoms in total. The Bertz CT molecular complexity index is 807. The van der Waals surface area contributed by atoms with Crippen molar-refractivity contribution < 1.29 is 9.59 Å². The van der Waals surface area contributed by atoms with E-state index in [2.05, 4.69) is 48.7 Å². The molecule has 6 heteroatoms. The third-order valence-electron chi connectivity index (χ3n) is 4.59. The smallest absolute Gasteiger partial charge is 0.240 e. The molecule has 0 bridgehead atoms. The van der Waals surface area contributed by atoms with Gasteiger partial charge in [0.25, 0.3) is 0 Å². The Labute approximate surface area is 178 Å². The van der Waals surface area contributed by atoms with Gasteiger partial charge in [-0.25, -0.2) is 10.9 Å². The molecule has 2 amide bonds. The second-order valence-corrected chi connectivity index (χ2v) is 7.73. The van der Waals surface area contributed by atoms with Gasteiger partial charge in [-0.15, -0.1) is 0 Å². The lowest BCUT2D eigenvalue weighted by atomic mass is 10.0. The summed E-state index contributed by atoms with van der Waals surface area (Å²) < 4.78 is 0. The molecule has 0 aliphatic rings. The van der Waals surface area contributed by atoms with Gasteiger partial charge in [-0.05, 0) is 34.1 Å². The highest BCUT2D eigenvalue weighted by molar-refractivity contribution is 5.86. The topological polar surface area (TPSA) is 82.9 Å². The number of benzene rings is 2.